The van der Waals surface area contributed by atoms with Crippen LogP contribution in [0.25, 0.3) is 0 Å². The summed E-state index contributed by atoms with van der Waals surface area (Å²) in [6, 6.07) is 9.70. The lowest BCUT2D eigenvalue weighted by atomic mass is 10.2. The van der Waals surface area contributed by atoms with Gasteiger partial charge < -0.3 is 10.2 Å². The van der Waals surface area contributed by atoms with Crippen molar-refractivity contribution in [3.63, 3.8) is 0 Å². The van der Waals surface area contributed by atoms with E-state index in [-0.39, 0.29) is 30.5 Å². The van der Waals surface area contributed by atoms with E-state index in [2.05, 4.69) is 10.3 Å². The summed E-state index contributed by atoms with van der Waals surface area (Å²) in [5, 5.41) is 3.09. The molecule has 1 aliphatic rings. The number of hydrogen-bond acceptors (Lipinski definition) is 3. The molecule has 0 aliphatic carbocycles. The third-order valence-electron chi connectivity index (χ3n) is 2.89. The molecule has 7 heteroatoms. The molecule has 0 radical (unpaired) electrons. The van der Waals surface area contributed by atoms with Crippen LogP contribution in [0.2, 0.25) is 0 Å². The highest BCUT2D eigenvalue weighted by Gasteiger charge is 2.29. The van der Waals surface area contributed by atoms with E-state index >= 15 is 0 Å². The molecule has 20 heavy (non-hydrogen) atoms. The zero-order valence-electron chi connectivity index (χ0n) is 10.9. The Labute approximate surface area is 133 Å². The summed E-state index contributed by atoms with van der Waals surface area (Å²) >= 11 is 0. The Morgan fingerprint density at radius 1 is 1.20 bits per heavy atom. The Kier molecular flexibility index (Phi) is 6.57. The van der Waals surface area contributed by atoms with Crippen molar-refractivity contribution in [2.24, 2.45) is 4.99 Å². The number of nitrogens with zero attached hydrogens (tertiary/aromatic N) is 2. The standard InChI is InChI=1S/C13H16F3N3.HI/c14-13(15,16)6-8-19-9-7-17-12(19)18-10-11-4-2-1-3-5-11;/h1-5H,6-10H2,(H,17,18);1H. The van der Waals surface area contributed by atoms with Gasteiger partial charge in [0.1, 0.15) is 0 Å². The normalized spacial score (nSPS) is 14.8. The number of aliphatic imine (C=N–C) groups is 1. The van der Waals surface area contributed by atoms with Crippen LogP contribution in [0.5, 0.6) is 0 Å². The number of hydrogen-bond donors (Lipinski definition) is 1. The molecule has 0 saturated heterocycles. The number of guanidine groups is 1. The van der Waals surface area contributed by atoms with E-state index in [1.807, 2.05) is 30.3 Å². The molecule has 0 aromatic heterocycles. The maximum atomic E-state index is 12.2. The van der Waals surface area contributed by atoms with E-state index in [1.165, 1.54) is 0 Å². The van der Waals surface area contributed by atoms with Crippen LogP contribution in [0.3, 0.4) is 0 Å². The van der Waals surface area contributed by atoms with E-state index in [1.54, 1.807) is 4.90 Å². The highest BCUT2D eigenvalue weighted by molar-refractivity contribution is 14.0. The topological polar surface area (TPSA) is 27.6 Å². The van der Waals surface area contributed by atoms with Crippen LogP contribution >= 0.6 is 24.0 Å². The second kappa shape index (κ2) is 7.70. The minimum absolute atomic E-state index is 0. The fourth-order valence-corrected chi connectivity index (χ4v) is 1.91. The van der Waals surface area contributed by atoms with Crippen LogP contribution in [0.1, 0.15) is 12.0 Å². The summed E-state index contributed by atoms with van der Waals surface area (Å²) in [7, 11) is 0. The third kappa shape index (κ3) is 5.56. The molecule has 1 N–H and O–H groups in total. The van der Waals surface area contributed by atoms with Crippen LogP contribution in [0.15, 0.2) is 35.3 Å². The highest BCUT2D eigenvalue weighted by atomic mass is 127. The van der Waals surface area contributed by atoms with E-state index in [0.29, 0.717) is 25.6 Å². The predicted octanol–water partition coefficient (Wildman–Crippen LogP) is 3.02. The summed E-state index contributed by atoms with van der Waals surface area (Å²) in [6.45, 7) is 1.63. The van der Waals surface area contributed by atoms with Gasteiger partial charge in [0.05, 0.1) is 13.0 Å². The fourth-order valence-electron chi connectivity index (χ4n) is 1.91. The molecule has 1 aliphatic heterocycles. The zero-order valence-corrected chi connectivity index (χ0v) is 13.2. The largest absolute Gasteiger partial charge is 0.390 e. The molecule has 1 heterocycles. The molecular weight excluding hydrogens is 382 g/mol. The Morgan fingerprint density at radius 3 is 2.55 bits per heavy atom. The van der Waals surface area contributed by atoms with E-state index in [9.17, 15) is 13.2 Å². The molecule has 3 nitrogen and oxygen atoms in total. The Morgan fingerprint density at radius 2 is 1.90 bits per heavy atom. The van der Waals surface area contributed by atoms with Crippen molar-refractivity contribution in [3.8, 4) is 0 Å². The lowest BCUT2D eigenvalue weighted by molar-refractivity contribution is -0.136. The summed E-state index contributed by atoms with van der Waals surface area (Å²) in [5.41, 5.74) is 1.08. The van der Waals surface area contributed by atoms with Gasteiger partial charge in [-0.25, -0.2) is 0 Å². The third-order valence-corrected chi connectivity index (χ3v) is 2.89. The molecule has 1 aromatic carbocycles. The Hall–Kier alpha value is -0.990. The monoisotopic (exact) mass is 399 g/mol. The predicted molar refractivity (Wildman–Crippen MR) is 83.2 cm³/mol. The van der Waals surface area contributed by atoms with Gasteiger partial charge in [-0.15, -0.1) is 24.0 Å². The average molecular weight is 399 g/mol. The average Bonchev–Trinajstić information content (AvgIpc) is 2.82. The summed E-state index contributed by atoms with van der Waals surface area (Å²) in [5.74, 6) is 0.563. The second-order valence-electron chi connectivity index (χ2n) is 4.40. The van der Waals surface area contributed by atoms with Crippen molar-refractivity contribution in [2.75, 3.05) is 19.6 Å². The first-order chi connectivity index (χ1) is 9.04. The van der Waals surface area contributed by atoms with Gasteiger partial charge in [-0.05, 0) is 5.56 Å². The molecular formula is C13H17F3IN3. The van der Waals surface area contributed by atoms with Crippen molar-refractivity contribution < 1.29 is 13.2 Å². The summed E-state index contributed by atoms with van der Waals surface area (Å²) < 4.78 is 36.6. The minimum Gasteiger partial charge on any atom is -0.352 e. The van der Waals surface area contributed by atoms with Gasteiger partial charge in [0.15, 0.2) is 5.96 Å². The smallest absolute Gasteiger partial charge is 0.352 e. The number of benzene rings is 1. The van der Waals surface area contributed by atoms with Crippen LogP contribution in [-0.4, -0.2) is 36.7 Å². The molecule has 2 rings (SSSR count). The molecule has 0 saturated carbocycles. The molecule has 0 bridgehead atoms. The van der Waals surface area contributed by atoms with Crippen molar-refractivity contribution in [1.29, 1.82) is 0 Å². The summed E-state index contributed by atoms with van der Waals surface area (Å²) in [6.07, 6.45) is -4.92. The quantitative estimate of drug-likeness (QED) is 0.789. The number of nitrogens with one attached hydrogen (secondary N) is 1. The first-order valence-corrected chi connectivity index (χ1v) is 6.18. The second-order valence-corrected chi connectivity index (χ2v) is 4.40. The van der Waals surface area contributed by atoms with Crippen LogP contribution in [0.4, 0.5) is 13.2 Å². The van der Waals surface area contributed by atoms with Crippen molar-refractivity contribution >= 4 is 29.9 Å². The molecule has 112 valence electrons. The fraction of sp³-hybridized carbons (Fsp3) is 0.462. The molecule has 0 amide bonds. The number of rotatable bonds is 4. The van der Waals surface area contributed by atoms with Gasteiger partial charge in [-0.2, -0.15) is 13.2 Å². The van der Waals surface area contributed by atoms with Gasteiger partial charge >= 0.3 is 6.18 Å². The Balaban J connectivity index is 0.00000200. The van der Waals surface area contributed by atoms with E-state index in [0.717, 1.165) is 5.56 Å². The van der Waals surface area contributed by atoms with Gasteiger partial charge in [0.2, 0.25) is 0 Å². The van der Waals surface area contributed by atoms with E-state index in [4.69, 9.17) is 0 Å². The first kappa shape index (κ1) is 17.1. The van der Waals surface area contributed by atoms with Crippen molar-refractivity contribution in [3.05, 3.63) is 35.9 Å². The molecule has 1 aromatic rings. The van der Waals surface area contributed by atoms with Crippen molar-refractivity contribution in [1.82, 2.24) is 10.2 Å². The maximum Gasteiger partial charge on any atom is 0.390 e. The minimum atomic E-state index is -4.12. The van der Waals surface area contributed by atoms with Crippen LogP contribution in [0, 0.1) is 0 Å². The van der Waals surface area contributed by atoms with Crippen LogP contribution in [-0.2, 0) is 6.54 Å². The van der Waals surface area contributed by atoms with Crippen molar-refractivity contribution in [2.45, 2.75) is 19.1 Å². The number of alkyl halides is 3. The van der Waals surface area contributed by atoms with Gasteiger partial charge in [-0.1, -0.05) is 30.3 Å². The van der Waals surface area contributed by atoms with E-state index < -0.39 is 12.6 Å². The summed E-state index contributed by atoms with van der Waals surface area (Å²) in [4.78, 5) is 5.85. The maximum absolute atomic E-state index is 12.2. The molecule has 0 fully saturated rings. The first-order valence-electron chi connectivity index (χ1n) is 6.18. The Bertz CT molecular complexity index is 434. The molecule has 0 unspecified atom stereocenters. The molecule has 0 atom stereocenters. The SMILES string of the molecule is FC(F)(F)CCN1CCN=C1NCc1ccccc1.I. The van der Waals surface area contributed by atoms with Gasteiger partial charge in [-0.3, -0.25) is 4.99 Å². The highest BCUT2D eigenvalue weighted by Crippen LogP contribution is 2.20. The zero-order chi connectivity index (χ0) is 13.7. The molecule has 0 spiro atoms. The van der Waals surface area contributed by atoms with Gasteiger partial charge in [0, 0.05) is 19.6 Å². The van der Waals surface area contributed by atoms with Gasteiger partial charge in [0.25, 0.3) is 0 Å². The lowest BCUT2D eigenvalue weighted by Gasteiger charge is -2.21. The lowest BCUT2D eigenvalue weighted by Crippen LogP contribution is -2.39. The number of halogens is 4. The van der Waals surface area contributed by atoms with Crippen LogP contribution < -0.4 is 5.32 Å².